The number of hydrogen-bond acceptors (Lipinski definition) is 4. The number of nitriles is 1. The van der Waals surface area contributed by atoms with Gasteiger partial charge in [0.25, 0.3) is 0 Å². The fraction of sp³-hybridized carbons (Fsp3) is 0.143. The van der Waals surface area contributed by atoms with E-state index < -0.39 is 21.4 Å². The van der Waals surface area contributed by atoms with Gasteiger partial charge in [-0.3, -0.25) is 4.98 Å². The van der Waals surface area contributed by atoms with Gasteiger partial charge in [0.15, 0.2) is 0 Å². The molecule has 0 saturated heterocycles. The van der Waals surface area contributed by atoms with Crippen molar-refractivity contribution in [3.05, 3.63) is 59.2 Å². The molecule has 0 amide bonds. The smallest absolute Gasteiger partial charge is 0.242 e. The maximum absolute atomic E-state index is 13.5. The molecule has 0 aliphatic heterocycles. The Morgan fingerprint density at radius 3 is 2.81 bits per heavy atom. The van der Waals surface area contributed by atoms with Gasteiger partial charge in [-0.05, 0) is 36.2 Å². The zero-order valence-corrected chi connectivity index (χ0v) is 12.0. The Balaban J connectivity index is 2.30. The van der Waals surface area contributed by atoms with Crippen LogP contribution in [0.5, 0.6) is 0 Å². The van der Waals surface area contributed by atoms with Crippen molar-refractivity contribution in [3.8, 4) is 6.07 Å². The van der Waals surface area contributed by atoms with Crippen molar-refractivity contribution >= 4 is 10.0 Å². The fourth-order valence-electron chi connectivity index (χ4n) is 1.77. The summed E-state index contributed by atoms with van der Waals surface area (Å²) in [5, 5.41) is 8.90. The molecule has 2 rings (SSSR count). The molecule has 1 aromatic carbocycles. The highest BCUT2D eigenvalue weighted by atomic mass is 32.2. The Morgan fingerprint density at radius 2 is 2.14 bits per heavy atom. The Labute approximate surface area is 122 Å². The summed E-state index contributed by atoms with van der Waals surface area (Å²) in [6, 6.07) is 6.82. The monoisotopic (exact) mass is 305 g/mol. The number of benzene rings is 1. The molecule has 1 N–H and O–H groups in total. The molecular weight excluding hydrogens is 293 g/mol. The van der Waals surface area contributed by atoms with Gasteiger partial charge in [-0.15, -0.1) is 0 Å². The van der Waals surface area contributed by atoms with Crippen molar-refractivity contribution in [1.82, 2.24) is 9.71 Å². The lowest BCUT2D eigenvalue weighted by atomic mass is 10.2. The van der Waals surface area contributed by atoms with E-state index in [-0.39, 0.29) is 11.4 Å². The first kappa shape index (κ1) is 15.1. The second-order valence-electron chi connectivity index (χ2n) is 4.35. The molecule has 1 aromatic heterocycles. The highest BCUT2D eigenvalue weighted by Crippen LogP contribution is 2.18. The summed E-state index contributed by atoms with van der Waals surface area (Å²) in [6.45, 7) is 1.84. The second kappa shape index (κ2) is 5.99. The highest BCUT2D eigenvalue weighted by molar-refractivity contribution is 7.89. The quantitative estimate of drug-likeness (QED) is 0.935. The van der Waals surface area contributed by atoms with Gasteiger partial charge in [0.2, 0.25) is 10.0 Å². The Bertz CT molecular complexity index is 813. The Hall–Kier alpha value is -2.30. The predicted molar refractivity (Wildman–Crippen MR) is 74.1 cm³/mol. The van der Waals surface area contributed by atoms with E-state index in [0.717, 1.165) is 11.6 Å². The first-order chi connectivity index (χ1) is 9.95. The first-order valence-electron chi connectivity index (χ1n) is 6.03. The third-order valence-corrected chi connectivity index (χ3v) is 4.42. The summed E-state index contributed by atoms with van der Waals surface area (Å²) in [4.78, 5) is 3.55. The summed E-state index contributed by atoms with van der Waals surface area (Å²) >= 11 is 0. The third kappa shape index (κ3) is 3.24. The van der Waals surface area contributed by atoms with Gasteiger partial charge >= 0.3 is 0 Å². The number of aryl methyl sites for hydroxylation is 1. The molecule has 0 spiro atoms. The zero-order chi connectivity index (χ0) is 15.5. The topological polar surface area (TPSA) is 82.8 Å². The summed E-state index contributed by atoms with van der Waals surface area (Å²) in [5.74, 6) is -0.863. The van der Waals surface area contributed by atoms with E-state index in [1.807, 2.05) is 6.92 Å². The lowest BCUT2D eigenvalue weighted by Gasteiger charge is -2.09. The van der Waals surface area contributed by atoms with Crippen molar-refractivity contribution < 1.29 is 12.8 Å². The summed E-state index contributed by atoms with van der Waals surface area (Å²) < 4.78 is 40.2. The number of nitrogens with one attached hydrogen (secondary N) is 1. The first-order valence-corrected chi connectivity index (χ1v) is 7.52. The number of rotatable bonds is 4. The summed E-state index contributed by atoms with van der Waals surface area (Å²) in [6.07, 6.45) is 3.16. The number of sulfonamides is 1. The van der Waals surface area contributed by atoms with Crippen LogP contribution in [-0.4, -0.2) is 13.4 Å². The van der Waals surface area contributed by atoms with Crippen molar-refractivity contribution in [2.24, 2.45) is 0 Å². The Morgan fingerprint density at radius 1 is 1.38 bits per heavy atom. The van der Waals surface area contributed by atoms with E-state index in [1.54, 1.807) is 24.5 Å². The number of halogens is 1. The average Bonchev–Trinajstić information content (AvgIpc) is 2.46. The minimum absolute atomic E-state index is 0.0173. The average molecular weight is 305 g/mol. The minimum Gasteiger partial charge on any atom is -0.264 e. The molecule has 0 aliphatic rings. The standard InChI is InChI=1S/C14H12FN3O2S/c1-10-5-6-17-8-11(10)9-18-21(19,20)14-4-2-3-13(15)12(14)7-16/h2-6,8,18H,9H2,1H3. The molecule has 108 valence electrons. The van der Waals surface area contributed by atoms with Crippen LogP contribution in [0, 0.1) is 24.1 Å². The van der Waals surface area contributed by atoms with Crippen LogP contribution in [0.2, 0.25) is 0 Å². The van der Waals surface area contributed by atoms with Gasteiger partial charge < -0.3 is 0 Å². The van der Waals surface area contributed by atoms with Gasteiger partial charge in [-0.25, -0.2) is 17.5 Å². The van der Waals surface area contributed by atoms with Crippen LogP contribution in [0.1, 0.15) is 16.7 Å². The molecule has 0 fully saturated rings. The van der Waals surface area contributed by atoms with E-state index in [2.05, 4.69) is 9.71 Å². The van der Waals surface area contributed by atoms with E-state index in [9.17, 15) is 12.8 Å². The third-order valence-electron chi connectivity index (χ3n) is 2.98. The van der Waals surface area contributed by atoms with Crippen LogP contribution in [0.25, 0.3) is 0 Å². The fourth-order valence-corrected chi connectivity index (χ4v) is 2.94. The largest absolute Gasteiger partial charge is 0.264 e. The van der Waals surface area contributed by atoms with Crippen LogP contribution in [-0.2, 0) is 16.6 Å². The molecule has 5 nitrogen and oxygen atoms in total. The number of hydrogen-bond donors (Lipinski definition) is 1. The van der Waals surface area contributed by atoms with E-state index in [1.165, 1.54) is 12.1 Å². The predicted octanol–water partition coefficient (Wildman–Crippen LogP) is 1.88. The van der Waals surface area contributed by atoms with E-state index in [0.29, 0.717) is 5.56 Å². The molecule has 0 radical (unpaired) electrons. The molecule has 0 saturated carbocycles. The van der Waals surface area contributed by atoms with Crippen LogP contribution in [0.15, 0.2) is 41.6 Å². The van der Waals surface area contributed by atoms with Gasteiger partial charge in [0, 0.05) is 18.9 Å². The number of pyridine rings is 1. The normalized spacial score (nSPS) is 11.1. The lowest BCUT2D eigenvalue weighted by Crippen LogP contribution is -2.24. The molecule has 1 heterocycles. The van der Waals surface area contributed by atoms with E-state index >= 15 is 0 Å². The summed E-state index contributed by atoms with van der Waals surface area (Å²) in [7, 11) is -3.98. The number of aromatic nitrogens is 1. The Kier molecular flexibility index (Phi) is 4.31. The molecule has 0 unspecified atom stereocenters. The van der Waals surface area contributed by atoms with E-state index in [4.69, 9.17) is 5.26 Å². The highest BCUT2D eigenvalue weighted by Gasteiger charge is 2.21. The van der Waals surface area contributed by atoms with Gasteiger partial charge in [0.05, 0.1) is 0 Å². The molecular formula is C14H12FN3O2S. The zero-order valence-electron chi connectivity index (χ0n) is 11.2. The van der Waals surface area contributed by atoms with Gasteiger partial charge in [0.1, 0.15) is 22.3 Å². The summed E-state index contributed by atoms with van der Waals surface area (Å²) in [5.41, 5.74) is 1.09. The number of nitrogens with zero attached hydrogens (tertiary/aromatic N) is 2. The van der Waals surface area contributed by atoms with Crippen molar-refractivity contribution in [2.45, 2.75) is 18.4 Å². The molecule has 21 heavy (non-hydrogen) atoms. The maximum atomic E-state index is 13.5. The minimum atomic E-state index is -3.98. The van der Waals surface area contributed by atoms with Crippen molar-refractivity contribution in [1.29, 1.82) is 5.26 Å². The maximum Gasteiger partial charge on any atom is 0.242 e. The van der Waals surface area contributed by atoms with Crippen LogP contribution in [0.3, 0.4) is 0 Å². The SMILES string of the molecule is Cc1ccncc1CNS(=O)(=O)c1cccc(F)c1C#N. The van der Waals surface area contributed by atoms with Crippen LogP contribution < -0.4 is 4.72 Å². The van der Waals surface area contributed by atoms with Crippen molar-refractivity contribution in [2.75, 3.05) is 0 Å². The molecule has 2 aromatic rings. The molecule has 7 heteroatoms. The van der Waals surface area contributed by atoms with Gasteiger partial charge in [-0.2, -0.15) is 5.26 Å². The van der Waals surface area contributed by atoms with Crippen molar-refractivity contribution in [3.63, 3.8) is 0 Å². The second-order valence-corrected chi connectivity index (χ2v) is 6.09. The van der Waals surface area contributed by atoms with Crippen LogP contribution in [0.4, 0.5) is 4.39 Å². The van der Waals surface area contributed by atoms with Gasteiger partial charge in [-0.1, -0.05) is 6.07 Å². The molecule has 0 atom stereocenters. The van der Waals surface area contributed by atoms with Crippen LogP contribution >= 0.6 is 0 Å². The lowest BCUT2D eigenvalue weighted by molar-refractivity contribution is 0.576. The molecule has 0 aliphatic carbocycles. The molecule has 0 bridgehead atoms.